The van der Waals surface area contributed by atoms with Crippen molar-refractivity contribution in [3.05, 3.63) is 0 Å². The summed E-state index contributed by atoms with van der Waals surface area (Å²) in [5.74, 6) is 0. The first-order chi connectivity index (χ1) is 8.83. The smallest absolute Gasteiger partial charge is 0.307 e. The maximum absolute atomic E-state index is 12.1. The molecule has 0 aromatic carbocycles. The molecule has 3 nitrogen and oxygen atoms in total. The molecule has 0 bridgehead atoms. The SMILES string of the molecule is CCN1CCC(N(C)C(C)CNCC(F)(F)F)CC1. The van der Waals surface area contributed by atoms with Gasteiger partial charge in [-0.2, -0.15) is 13.2 Å². The molecular formula is C13H26F3N3. The third kappa shape index (κ3) is 6.10. The van der Waals surface area contributed by atoms with Gasteiger partial charge < -0.3 is 10.2 Å². The molecule has 0 spiro atoms. The first kappa shape index (κ1) is 16.7. The number of halogens is 3. The van der Waals surface area contributed by atoms with Crippen LogP contribution in [0, 0.1) is 0 Å². The summed E-state index contributed by atoms with van der Waals surface area (Å²) in [6.07, 6.45) is -1.91. The lowest BCUT2D eigenvalue weighted by Crippen LogP contribution is -2.49. The van der Waals surface area contributed by atoms with E-state index in [1.54, 1.807) is 0 Å². The molecule has 1 saturated heterocycles. The normalized spacial score (nSPS) is 21.0. The number of rotatable bonds is 6. The van der Waals surface area contributed by atoms with E-state index in [2.05, 4.69) is 22.0 Å². The van der Waals surface area contributed by atoms with E-state index >= 15 is 0 Å². The topological polar surface area (TPSA) is 18.5 Å². The van der Waals surface area contributed by atoms with Crippen LogP contribution >= 0.6 is 0 Å². The van der Waals surface area contributed by atoms with Crippen molar-refractivity contribution in [1.29, 1.82) is 0 Å². The van der Waals surface area contributed by atoms with Crippen LogP contribution in [0.5, 0.6) is 0 Å². The van der Waals surface area contributed by atoms with Gasteiger partial charge in [-0.3, -0.25) is 4.90 Å². The molecule has 1 rings (SSSR count). The fourth-order valence-electron chi connectivity index (χ4n) is 2.57. The number of likely N-dealkylation sites (tertiary alicyclic amines) is 1. The van der Waals surface area contributed by atoms with Gasteiger partial charge in [-0.15, -0.1) is 0 Å². The molecule has 1 heterocycles. The van der Waals surface area contributed by atoms with E-state index in [-0.39, 0.29) is 6.04 Å². The molecular weight excluding hydrogens is 255 g/mol. The zero-order chi connectivity index (χ0) is 14.5. The molecule has 0 saturated carbocycles. The predicted molar refractivity (Wildman–Crippen MR) is 71.3 cm³/mol. The van der Waals surface area contributed by atoms with E-state index in [0.717, 1.165) is 32.5 Å². The Kier molecular flexibility index (Phi) is 6.56. The van der Waals surface area contributed by atoms with Gasteiger partial charge in [0.25, 0.3) is 0 Å². The standard InChI is InChI=1S/C13H26F3N3/c1-4-19-7-5-12(6-8-19)18(3)11(2)9-17-10-13(14,15)16/h11-12,17H,4-10H2,1-3H3. The number of piperidine rings is 1. The summed E-state index contributed by atoms with van der Waals surface area (Å²) in [7, 11) is 2.02. The highest BCUT2D eigenvalue weighted by atomic mass is 19.4. The van der Waals surface area contributed by atoms with Crippen LogP contribution in [0.4, 0.5) is 13.2 Å². The predicted octanol–water partition coefficient (Wildman–Crippen LogP) is 1.94. The number of likely N-dealkylation sites (N-methyl/N-ethyl adjacent to an activating group) is 1. The zero-order valence-electron chi connectivity index (χ0n) is 12.1. The Bertz CT molecular complexity index is 250. The van der Waals surface area contributed by atoms with E-state index < -0.39 is 12.7 Å². The van der Waals surface area contributed by atoms with Crippen molar-refractivity contribution < 1.29 is 13.2 Å². The molecule has 1 aliphatic rings. The van der Waals surface area contributed by atoms with Gasteiger partial charge in [-0.25, -0.2) is 0 Å². The average Bonchev–Trinajstić information content (AvgIpc) is 2.36. The van der Waals surface area contributed by atoms with Crippen molar-refractivity contribution in [2.24, 2.45) is 0 Å². The summed E-state index contributed by atoms with van der Waals surface area (Å²) in [5.41, 5.74) is 0. The lowest BCUT2D eigenvalue weighted by molar-refractivity contribution is -0.125. The minimum atomic E-state index is -4.12. The zero-order valence-corrected chi connectivity index (χ0v) is 12.1. The summed E-state index contributed by atoms with van der Waals surface area (Å²) in [6.45, 7) is 6.88. The molecule has 1 N–H and O–H groups in total. The van der Waals surface area contributed by atoms with Crippen molar-refractivity contribution in [3.8, 4) is 0 Å². The minimum Gasteiger partial charge on any atom is -0.307 e. The second-order valence-corrected chi connectivity index (χ2v) is 5.43. The number of nitrogens with one attached hydrogen (secondary N) is 1. The van der Waals surface area contributed by atoms with Crippen LogP contribution in [-0.4, -0.2) is 67.8 Å². The number of nitrogens with zero attached hydrogens (tertiary/aromatic N) is 2. The van der Waals surface area contributed by atoms with Gasteiger partial charge in [-0.05, 0) is 46.4 Å². The van der Waals surface area contributed by atoms with Gasteiger partial charge in [0.1, 0.15) is 0 Å². The number of hydrogen-bond donors (Lipinski definition) is 1. The third-order valence-corrected chi connectivity index (χ3v) is 4.04. The van der Waals surface area contributed by atoms with Crippen LogP contribution in [0.3, 0.4) is 0 Å². The summed E-state index contributed by atoms with van der Waals surface area (Å²) in [5, 5.41) is 2.49. The van der Waals surface area contributed by atoms with Gasteiger partial charge in [0.2, 0.25) is 0 Å². The van der Waals surface area contributed by atoms with Crippen molar-refractivity contribution in [2.75, 3.05) is 39.8 Å². The molecule has 1 fully saturated rings. The van der Waals surface area contributed by atoms with Crippen LogP contribution in [0.15, 0.2) is 0 Å². The molecule has 19 heavy (non-hydrogen) atoms. The van der Waals surface area contributed by atoms with Crippen molar-refractivity contribution in [3.63, 3.8) is 0 Å². The lowest BCUT2D eigenvalue weighted by atomic mass is 10.0. The molecule has 0 amide bonds. The van der Waals surface area contributed by atoms with Gasteiger partial charge in [0.15, 0.2) is 0 Å². The van der Waals surface area contributed by atoms with Crippen LogP contribution in [0.2, 0.25) is 0 Å². The Labute approximate surface area is 114 Å². The van der Waals surface area contributed by atoms with Crippen LogP contribution in [0.1, 0.15) is 26.7 Å². The maximum Gasteiger partial charge on any atom is 0.401 e. The van der Waals surface area contributed by atoms with Gasteiger partial charge >= 0.3 is 6.18 Å². The molecule has 0 aromatic heterocycles. The van der Waals surface area contributed by atoms with Crippen molar-refractivity contribution in [1.82, 2.24) is 15.1 Å². The van der Waals surface area contributed by atoms with E-state index in [9.17, 15) is 13.2 Å². The maximum atomic E-state index is 12.1. The highest BCUT2D eigenvalue weighted by molar-refractivity contribution is 4.81. The molecule has 1 aliphatic heterocycles. The molecule has 114 valence electrons. The van der Waals surface area contributed by atoms with Gasteiger partial charge in [-0.1, -0.05) is 6.92 Å². The molecule has 0 aliphatic carbocycles. The first-order valence-electron chi connectivity index (χ1n) is 7.05. The van der Waals surface area contributed by atoms with Crippen molar-refractivity contribution >= 4 is 0 Å². The van der Waals surface area contributed by atoms with Gasteiger partial charge in [0.05, 0.1) is 6.54 Å². The average molecular weight is 281 g/mol. The Morgan fingerprint density at radius 3 is 2.37 bits per heavy atom. The summed E-state index contributed by atoms with van der Waals surface area (Å²) in [4.78, 5) is 4.63. The molecule has 1 atom stereocenters. The second kappa shape index (κ2) is 7.45. The lowest BCUT2D eigenvalue weighted by Gasteiger charge is -2.39. The Balaban J connectivity index is 2.26. The summed E-state index contributed by atoms with van der Waals surface area (Å²) >= 11 is 0. The third-order valence-electron chi connectivity index (χ3n) is 4.04. The van der Waals surface area contributed by atoms with Crippen molar-refractivity contribution in [2.45, 2.75) is 44.9 Å². The fraction of sp³-hybridized carbons (Fsp3) is 1.00. The first-order valence-corrected chi connectivity index (χ1v) is 7.05. The molecule has 1 unspecified atom stereocenters. The van der Waals surface area contributed by atoms with Crippen LogP contribution in [-0.2, 0) is 0 Å². The molecule has 0 radical (unpaired) electrons. The highest BCUT2D eigenvalue weighted by Crippen LogP contribution is 2.17. The quantitative estimate of drug-likeness (QED) is 0.803. The Hall–Kier alpha value is -0.330. The Morgan fingerprint density at radius 2 is 1.89 bits per heavy atom. The molecule has 6 heteroatoms. The van der Waals surface area contributed by atoms with E-state index in [1.165, 1.54) is 0 Å². The van der Waals surface area contributed by atoms with Gasteiger partial charge in [0, 0.05) is 18.6 Å². The monoisotopic (exact) mass is 281 g/mol. The molecule has 0 aromatic rings. The van der Waals surface area contributed by atoms with E-state index in [1.807, 2.05) is 14.0 Å². The summed E-state index contributed by atoms with van der Waals surface area (Å²) < 4.78 is 36.2. The van der Waals surface area contributed by atoms with E-state index in [0.29, 0.717) is 12.6 Å². The Morgan fingerprint density at radius 1 is 1.32 bits per heavy atom. The minimum absolute atomic E-state index is 0.125. The largest absolute Gasteiger partial charge is 0.401 e. The fourth-order valence-corrected chi connectivity index (χ4v) is 2.57. The number of hydrogen-bond acceptors (Lipinski definition) is 3. The second-order valence-electron chi connectivity index (χ2n) is 5.43. The van der Waals surface area contributed by atoms with Crippen LogP contribution < -0.4 is 5.32 Å². The summed E-state index contributed by atoms with van der Waals surface area (Å²) in [6, 6.07) is 0.617. The number of alkyl halides is 3. The highest BCUT2D eigenvalue weighted by Gasteiger charge is 2.28. The van der Waals surface area contributed by atoms with Crippen LogP contribution in [0.25, 0.3) is 0 Å². The van der Waals surface area contributed by atoms with E-state index in [4.69, 9.17) is 0 Å².